The number of imidazole rings is 1. The molecule has 1 saturated heterocycles. The molecular weight excluding hydrogens is 400 g/mol. The van der Waals surface area contributed by atoms with E-state index in [4.69, 9.17) is 5.73 Å². The Hall–Kier alpha value is -1.64. The first-order chi connectivity index (χ1) is 12.0. The summed E-state index contributed by atoms with van der Waals surface area (Å²) in [6, 6.07) is 8.07. The van der Waals surface area contributed by atoms with Crippen LogP contribution in [0, 0.1) is 0 Å². The summed E-state index contributed by atoms with van der Waals surface area (Å²) in [4.78, 5) is 20.4. The van der Waals surface area contributed by atoms with Crippen molar-refractivity contribution in [3.8, 4) is 0 Å². The van der Waals surface area contributed by atoms with Gasteiger partial charge in [0.2, 0.25) is 5.95 Å². The number of hydrogen-bond donors (Lipinski definition) is 2. The van der Waals surface area contributed by atoms with Crippen LogP contribution in [0.15, 0.2) is 44.9 Å². The summed E-state index contributed by atoms with van der Waals surface area (Å²) in [7, 11) is 0. The Morgan fingerprint density at radius 3 is 2.76 bits per heavy atom. The summed E-state index contributed by atoms with van der Waals surface area (Å²) in [6.45, 7) is 3.90. The molecule has 1 aliphatic heterocycles. The first kappa shape index (κ1) is 16.8. The number of rotatable bonds is 3. The standard InChI is InChI=1S/C17H19BrN6S/c1-17(19)6-8-24(9-7-17)16-22-14-15(23-16)21-13(10-20-14)25-12-5-3-2-4-11(12)18/h2-5,10H,6-9,19H2,1H3,(H,20,21,22,23). The van der Waals surface area contributed by atoms with Gasteiger partial charge < -0.3 is 15.6 Å². The zero-order valence-electron chi connectivity index (χ0n) is 13.9. The molecule has 0 saturated carbocycles. The van der Waals surface area contributed by atoms with Crippen LogP contribution < -0.4 is 10.6 Å². The number of halogens is 1. The Labute approximate surface area is 158 Å². The van der Waals surface area contributed by atoms with Crippen LogP contribution in [-0.4, -0.2) is 38.6 Å². The van der Waals surface area contributed by atoms with Crippen molar-refractivity contribution in [3.05, 3.63) is 34.9 Å². The Morgan fingerprint density at radius 2 is 2.00 bits per heavy atom. The molecule has 0 spiro atoms. The number of nitrogens with one attached hydrogen (secondary N) is 1. The first-order valence-corrected chi connectivity index (χ1v) is 9.80. The van der Waals surface area contributed by atoms with Gasteiger partial charge in [-0.3, -0.25) is 0 Å². The Morgan fingerprint density at radius 1 is 1.24 bits per heavy atom. The number of aromatic nitrogens is 4. The monoisotopic (exact) mass is 418 g/mol. The molecule has 0 amide bonds. The normalized spacial score (nSPS) is 17.2. The molecule has 25 heavy (non-hydrogen) atoms. The molecule has 3 aromatic rings. The fourth-order valence-corrected chi connectivity index (χ4v) is 4.14. The van der Waals surface area contributed by atoms with E-state index in [9.17, 15) is 0 Å². The second-order valence-corrected chi connectivity index (χ2v) is 8.53. The highest BCUT2D eigenvalue weighted by atomic mass is 79.9. The van der Waals surface area contributed by atoms with Gasteiger partial charge in [-0.25, -0.2) is 9.97 Å². The van der Waals surface area contributed by atoms with E-state index in [0.717, 1.165) is 46.3 Å². The predicted molar refractivity (Wildman–Crippen MR) is 104 cm³/mol. The van der Waals surface area contributed by atoms with Crippen LogP contribution in [0.2, 0.25) is 0 Å². The van der Waals surface area contributed by atoms with Crippen LogP contribution >= 0.6 is 27.7 Å². The van der Waals surface area contributed by atoms with Gasteiger partial charge >= 0.3 is 0 Å². The topological polar surface area (TPSA) is 83.7 Å². The quantitative estimate of drug-likeness (QED) is 0.675. The molecule has 1 aromatic carbocycles. The zero-order valence-corrected chi connectivity index (χ0v) is 16.3. The van der Waals surface area contributed by atoms with Crippen molar-refractivity contribution in [2.24, 2.45) is 5.73 Å². The number of nitrogens with two attached hydrogens (primary N) is 1. The summed E-state index contributed by atoms with van der Waals surface area (Å²) in [5.41, 5.74) is 7.49. The van der Waals surface area contributed by atoms with Gasteiger partial charge in [0, 0.05) is 28.0 Å². The van der Waals surface area contributed by atoms with Crippen molar-refractivity contribution >= 4 is 44.9 Å². The number of piperidine rings is 1. The summed E-state index contributed by atoms with van der Waals surface area (Å²) < 4.78 is 1.04. The van der Waals surface area contributed by atoms with E-state index in [0.29, 0.717) is 11.3 Å². The van der Waals surface area contributed by atoms with Crippen molar-refractivity contribution in [2.75, 3.05) is 18.0 Å². The predicted octanol–water partition coefficient (Wildman–Crippen LogP) is 3.58. The molecule has 0 bridgehead atoms. The van der Waals surface area contributed by atoms with E-state index in [1.165, 1.54) is 0 Å². The van der Waals surface area contributed by atoms with Gasteiger partial charge in [0.1, 0.15) is 5.03 Å². The maximum Gasteiger partial charge on any atom is 0.206 e. The largest absolute Gasteiger partial charge is 0.342 e. The summed E-state index contributed by atoms with van der Waals surface area (Å²) >= 11 is 5.13. The number of H-pyrrole nitrogens is 1. The molecule has 130 valence electrons. The van der Waals surface area contributed by atoms with Crippen LogP contribution in [0.25, 0.3) is 11.3 Å². The maximum absolute atomic E-state index is 6.21. The van der Waals surface area contributed by atoms with Crippen molar-refractivity contribution in [1.82, 2.24) is 19.9 Å². The molecule has 2 aromatic heterocycles. The van der Waals surface area contributed by atoms with Gasteiger partial charge in [-0.2, -0.15) is 4.98 Å². The summed E-state index contributed by atoms with van der Waals surface area (Å²) in [5.74, 6) is 0.827. The lowest BCUT2D eigenvalue weighted by Crippen LogP contribution is -2.48. The minimum absolute atomic E-state index is 0.0775. The third-order valence-corrected chi connectivity index (χ3v) is 6.37. The number of aromatic amines is 1. The molecule has 0 aliphatic carbocycles. The number of fused-ring (bicyclic) bond motifs is 1. The van der Waals surface area contributed by atoms with Crippen LogP contribution in [0.4, 0.5) is 5.95 Å². The number of anilines is 1. The number of hydrogen-bond acceptors (Lipinski definition) is 6. The molecular formula is C17H19BrN6S. The fourth-order valence-electron chi connectivity index (χ4n) is 2.83. The third-order valence-electron chi connectivity index (χ3n) is 4.43. The Bertz CT molecular complexity index is 899. The van der Waals surface area contributed by atoms with E-state index in [1.54, 1.807) is 18.0 Å². The minimum atomic E-state index is -0.0775. The molecule has 0 unspecified atom stereocenters. The molecule has 3 heterocycles. The Kier molecular flexibility index (Phi) is 4.43. The van der Waals surface area contributed by atoms with Gasteiger partial charge in [0.25, 0.3) is 0 Å². The van der Waals surface area contributed by atoms with Crippen LogP contribution in [0.3, 0.4) is 0 Å². The van der Waals surface area contributed by atoms with Gasteiger partial charge in [-0.15, -0.1) is 0 Å². The van der Waals surface area contributed by atoms with Crippen LogP contribution in [0.5, 0.6) is 0 Å². The number of nitrogens with zero attached hydrogens (tertiary/aromatic N) is 4. The van der Waals surface area contributed by atoms with Crippen molar-refractivity contribution in [2.45, 2.75) is 35.2 Å². The van der Waals surface area contributed by atoms with Gasteiger partial charge in [-0.1, -0.05) is 23.9 Å². The molecule has 3 N–H and O–H groups in total. The molecule has 0 atom stereocenters. The van der Waals surface area contributed by atoms with E-state index < -0.39 is 0 Å². The average molecular weight is 419 g/mol. The molecule has 4 rings (SSSR count). The van der Waals surface area contributed by atoms with Gasteiger partial charge in [-0.05, 0) is 47.8 Å². The third kappa shape index (κ3) is 3.65. The summed E-state index contributed by atoms with van der Waals surface area (Å²) in [5, 5.41) is 0.825. The highest BCUT2D eigenvalue weighted by Crippen LogP contribution is 2.32. The lowest BCUT2D eigenvalue weighted by atomic mass is 9.91. The fraction of sp³-hybridized carbons (Fsp3) is 0.353. The van der Waals surface area contributed by atoms with Crippen LogP contribution in [-0.2, 0) is 0 Å². The van der Waals surface area contributed by atoms with E-state index in [-0.39, 0.29) is 5.54 Å². The maximum atomic E-state index is 6.21. The van der Waals surface area contributed by atoms with E-state index >= 15 is 0 Å². The lowest BCUT2D eigenvalue weighted by molar-refractivity contribution is 0.362. The SMILES string of the molecule is CC1(N)CCN(c2nc3nc(Sc4ccccc4Br)cnc3[nH]2)CC1. The highest BCUT2D eigenvalue weighted by molar-refractivity contribution is 9.10. The Balaban J connectivity index is 1.56. The lowest BCUT2D eigenvalue weighted by Gasteiger charge is -2.36. The van der Waals surface area contributed by atoms with Crippen molar-refractivity contribution in [3.63, 3.8) is 0 Å². The van der Waals surface area contributed by atoms with Crippen molar-refractivity contribution < 1.29 is 0 Å². The molecule has 8 heteroatoms. The van der Waals surface area contributed by atoms with Crippen LogP contribution in [0.1, 0.15) is 19.8 Å². The second kappa shape index (κ2) is 6.59. The van der Waals surface area contributed by atoms with Gasteiger partial charge in [0.15, 0.2) is 11.3 Å². The molecule has 1 aliphatic rings. The molecule has 1 fully saturated rings. The molecule has 0 radical (unpaired) electrons. The highest BCUT2D eigenvalue weighted by Gasteiger charge is 2.27. The number of benzene rings is 1. The summed E-state index contributed by atoms with van der Waals surface area (Å²) in [6.07, 6.45) is 3.68. The zero-order chi connectivity index (χ0) is 17.4. The second-order valence-electron chi connectivity index (χ2n) is 6.61. The van der Waals surface area contributed by atoms with E-state index in [1.807, 2.05) is 24.3 Å². The minimum Gasteiger partial charge on any atom is -0.342 e. The van der Waals surface area contributed by atoms with Gasteiger partial charge in [0.05, 0.1) is 6.20 Å². The molecule has 6 nitrogen and oxygen atoms in total. The smallest absolute Gasteiger partial charge is 0.206 e. The van der Waals surface area contributed by atoms with Crippen molar-refractivity contribution in [1.29, 1.82) is 0 Å². The van der Waals surface area contributed by atoms with E-state index in [2.05, 4.69) is 47.7 Å². The first-order valence-electron chi connectivity index (χ1n) is 8.19. The average Bonchev–Trinajstić information content (AvgIpc) is 3.00.